The summed E-state index contributed by atoms with van der Waals surface area (Å²) in [7, 11) is 1.94. The average Bonchev–Trinajstić information content (AvgIpc) is 2.45. The van der Waals surface area contributed by atoms with Crippen molar-refractivity contribution in [2.75, 3.05) is 26.7 Å². The van der Waals surface area contributed by atoms with Gasteiger partial charge in [-0.3, -0.25) is 9.69 Å². The van der Waals surface area contributed by atoms with Gasteiger partial charge in [0.15, 0.2) is 0 Å². The summed E-state index contributed by atoms with van der Waals surface area (Å²) in [6, 6.07) is 0.542. The van der Waals surface area contributed by atoms with Crippen LogP contribution in [0.3, 0.4) is 0 Å². The van der Waals surface area contributed by atoms with Crippen LogP contribution < -0.4 is 5.73 Å². The molecular weight excluding hydrogens is 250 g/mol. The third-order valence-corrected chi connectivity index (χ3v) is 5.04. The van der Waals surface area contributed by atoms with Gasteiger partial charge in [-0.25, -0.2) is 0 Å². The van der Waals surface area contributed by atoms with Crippen LogP contribution in [0.2, 0.25) is 0 Å². The monoisotopic (exact) mass is 281 g/mol. The summed E-state index contributed by atoms with van der Waals surface area (Å²) < 4.78 is 0. The maximum atomic E-state index is 12.4. The van der Waals surface area contributed by atoms with Crippen molar-refractivity contribution in [3.05, 3.63) is 0 Å². The van der Waals surface area contributed by atoms with Crippen LogP contribution in [-0.2, 0) is 4.79 Å². The Morgan fingerprint density at radius 1 is 1.20 bits per heavy atom. The van der Waals surface area contributed by atoms with E-state index in [-0.39, 0.29) is 6.04 Å². The minimum atomic E-state index is 0.129. The third-order valence-electron chi connectivity index (χ3n) is 5.04. The molecule has 1 saturated heterocycles. The highest BCUT2D eigenvalue weighted by molar-refractivity contribution is 5.82. The van der Waals surface area contributed by atoms with Crippen LogP contribution >= 0.6 is 0 Å². The predicted molar refractivity (Wildman–Crippen MR) is 82.5 cm³/mol. The van der Waals surface area contributed by atoms with Crippen molar-refractivity contribution >= 4 is 5.91 Å². The zero-order valence-corrected chi connectivity index (χ0v) is 13.2. The SMILES string of the molecule is CCCCC1C(=O)N(C)CCN1CC1CCC(N)CC1. The summed E-state index contributed by atoms with van der Waals surface area (Å²) in [5, 5.41) is 0. The van der Waals surface area contributed by atoms with Gasteiger partial charge in [0, 0.05) is 32.7 Å². The first-order chi connectivity index (χ1) is 9.61. The van der Waals surface area contributed by atoms with Crippen molar-refractivity contribution in [1.82, 2.24) is 9.80 Å². The lowest BCUT2D eigenvalue weighted by Crippen LogP contribution is -2.56. The summed E-state index contributed by atoms with van der Waals surface area (Å²) in [4.78, 5) is 16.8. The molecule has 4 heteroatoms. The number of nitrogens with zero attached hydrogens (tertiary/aromatic N) is 2. The van der Waals surface area contributed by atoms with Gasteiger partial charge in [-0.2, -0.15) is 0 Å². The molecular formula is C16H31N3O. The molecule has 116 valence electrons. The zero-order chi connectivity index (χ0) is 14.5. The number of amides is 1. The molecule has 2 fully saturated rings. The number of carbonyl (C=O) groups excluding carboxylic acids is 1. The quantitative estimate of drug-likeness (QED) is 0.836. The van der Waals surface area contributed by atoms with Crippen LogP contribution in [0.15, 0.2) is 0 Å². The van der Waals surface area contributed by atoms with Gasteiger partial charge in [0.2, 0.25) is 5.91 Å². The summed E-state index contributed by atoms with van der Waals surface area (Å²) in [5.41, 5.74) is 5.99. The minimum Gasteiger partial charge on any atom is -0.343 e. The lowest BCUT2D eigenvalue weighted by atomic mass is 9.85. The lowest BCUT2D eigenvalue weighted by Gasteiger charge is -2.41. The second-order valence-corrected chi connectivity index (χ2v) is 6.69. The summed E-state index contributed by atoms with van der Waals surface area (Å²) in [6.07, 6.45) is 8.13. The fraction of sp³-hybridized carbons (Fsp3) is 0.938. The smallest absolute Gasteiger partial charge is 0.239 e. The molecule has 2 aliphatic rings. The van der Waals surface area contributed by atoms with Gasteiger partial charge < -0.3 is 10.6 Å². The largest absolute Gasteiger partial charge is 0.343 e. The molecule has 4 nitrogen and oxygen atoms in total. The molecule has 1 aliphatic heterocycles. The van der Waals surface area contributed by atoms with Crippen LogP contribution in [0.4, 0.5) is 0 Å². The van der Waals surface area contributed by atoms with Crippen LogP contribution in [0.1, 0.15) is 51.9 Å². The first-order valence-electron chi connectivity index (χ1n) is 8.36. The van der Waals surface area contributed by atoms with Crippen molar-refractivity contribution in [3.63, 3.8) is 0 Å². The topological polar surface area (TPSA) is 49.6 Å². The van der Waals surface area contributed by atoms with E-state index < -0.39 is 0 Å². The van der Waals surface area contributed by atoms with E-state index in [1.165, 1.54) is 19.3 Å². The number of carbonyl (C=O) groups is 1. The van der Waals surface area contributed by atoms with Crippen molar-refractivity contribution in [2.24, 2.45) is 11.7 Å². The highest BCUT2D eigenvalue weighted by Crippen LogP contribution is 2.26. The molecule has 0 spiro atoms. The second kappa shape index (κ2) is 7.41. The molecule has 0 aromatic heterocycles. The standard InChI is InChI=1S/C16H31N3O/c1-3-4-5-15-16(20)18(2)10-11-19(15)12-13-6-8-14(17)9-7-13/h13-15H,3-12,17H2,1-2H3. The normalized spacial score (nSPS) is 32.6. The van der Waals surface area contributed by atoms with Gasteiger partial charge >= 0.3 is 0 Å². The molecule has 0 bridgehead atoms. The molecule has 1 atom stereocenters. The molecule has 0 radical (unpaired) electrons. The lowest BCUT2D eigenvalue weighted by molar-refractivity contribution is -0.141. The molecule has 20 heavy (non-hydrogen) atoms. The van der Waals surface area contributed by atoms with Crippen molar-refractivity contribution in [1.29, 1.82) is 0 Å². The van der Waals surface area contributed by atoms with E-state index in [2.05, 4.69) is 11.8 Å². The van der Waals surface area contributed by atoms with Crippen LogP contribution in [0.25, 0.3) is 0 Å². The third kappa shape index (κ3) is 3.95. The summed E-state index contributed by atoms with van der Waals surface area (Å²) in [6.45, 7) is 5.22. The predicted octanol–water partition coefficient (Wildman–Crippen LogP) is 1.84. The number of nitrogens with two attached hydrogens (primary N) is 1. The number of rotatable bonds is 5. The Kier molecular flexibility index (Phi) is 5.85. The first-order valence-corrected chi connectivity index (χ1v) is 8.36. The maximum Gasteiger partial charge on any atom is 0.239 e. The number of likely N-dealkylation sites (N-methyl/N-ethyl adjacent to an activating group) is 1. The Morgan fingerprint density at radius 2 is 1.90 bits per heavy atom. The Balaban J connectivity index is 1.91. The van der Waals surface area contributed by atoms with E-state index in [1.54, 1.807) is 0 Å². The van der Waals surface area contributed by atoms with Crippen LogP contribution in [0, 0.1) is 5.92 Å². The maximum absolute atomic E-state index is 12.4. The highest BCUT2D eigenvalue weighted by atomic mass is 16.2. The minimum absolute atomic E-state index is 0.129. The zero-order valence-electron chi connectivity index (χ0n) is 13.2. The van der Waals surface area contributed by atoms with Crippen molar-refractivity contribution in [2.45, 2.75) is 64.0 Å². The van der Waals surface area contributed by atoms with Crippen LogP contribution in [-0.4, -0.2) is 54.5 Å². The van der Waals surface area contributed by atoms with Crippen LogP contribution in [0.5, 0.6) is 0 Å². The van der Waals surface area contributed by atoms with Gasteiger partial charge in [0.25, 0.3) is 0 Å². The molecule has 1 saturated carbocycles. The molecule has 0 aromatic rings. The van der Waals surface area contributed by atoms with E-state index in [1.807, 2.05) is 11.9 Å². The molecule has 1 aliphatic carbocycles. The van der Waals surface area contributed by atoms with Gasteiger partial charge in [-0.05, 0) is 38.0 Å². The summed E-state index contributed by atoms with van der Waals surface area (Å²) in [5.74, 6) is 1.08. The Hall–Kier alpha value is -0.610. The fourth-order valence-corrected chi connectivity index (χ4v) is 3.58. The van der Waals surface area contributed by atoms with E-state index in [0.29, 0.717) is 11.9 Å². The Labute approximate surface area is 123 Å². The number of hydrogen-bond acceptors (Lipinski definition) is 3. The highest BCUT2D eigenvalue weighted by Gasteiger charge is 2.34. The molecule has 1 unspecified atom stereocenters. The van der Waals surface area contributed by atoms with E-state index in [0.717, 1.165) is 51.2 Å². The van der Waals surface area contributed by atoms with Gasteiger partial charge in [-0.15, -0.1) is 0 Å². The molecule has 0 aromatic carbocycles. The fourth-order valence-electron chi connectivity index (χ4n) is 3.58. The van der Waals surface area contributed by atoms with E-state index in [9.17, 15) is 4.79 Å². The molecule has 2 N–H and O–H groups in total. The number of unbranched alkanes of at least 4 members (excludes halogenated alkanes) is 1. The van der Waals surface area contributed by atoms with Gasteiger partial charge in [-0.1, -0.05) is 19.8 Å². The first kappa shape index (κ1) is 15.8. The molecule has 1 amide bonds. The van der Waals surface area contributed by atoms with Crippen molar-refractivity contribution in [3.8, 4) is 0 Å². The van der Waals surface area contributed by atoms with Gasteiger partial charge in [0.05, 0.1) is 6.04 Å². The number of hydrogen-bond donors (Lipinski definition) is 1. The Morgan fingerprint density at radius 3 is 2.55 bits per heavy atom. The molecule has 1 heterocycles. The Bertz CT molecular complexity index is 313. The van der Waals surface area contributed by atoms with Crippen molar-refractivity contribution < 1.29 is 4.79 Å². The van der Waals surface area contributed by atoms with Gasteiger partial charge in [0.1, 0.15) is 0 Å². The second-order valence-electron chi connectivity index (χ2n) is 6.69. The number of piperazine rings is 1. The molecule has 2 rings (SSSR count). The van der Waals surface area contributed by atoms with E-state index >= 15 is 0 Å². The average molecular weight is 281 g/mol. The van der Waals surface area contributed by atoms with E-state index in [4.69, 9.17) is 5.73 Å². The summed E-state index contributed by atoms with van der Waals surface area (Å²) >= 11 is 0.